The molecule has 0 aliphatic carbocycles. The highest BCUT2D eigenvalue weighted by Crippen LogP contribution is 2.02. The predicted octanol–water partition coefficient (Wildman–Crippen LogP) is 1.23. The zero-order valence-corrected chi connectivity index (χ0v) is 11.0. The Bertz CT molecular complexity index is 179. The monoisotopic (exact) mass is 247 g/mol. The van der Waals surface area contributed by atoms with Crippen molar-refractivity contribution in [1.29, 1.82) is 0 Å². The largest absolute Gasteiger partial charge is 0.481 e. The van der Waals surface area contributed by atoms with Crippen LogP contribution >= 0.6 is 0 Å². The molecule has 0 amide bonds. The van der Waals surface area contributed by atoms with Gasteiger partial charge in [-0.25, -0.2) is 0 Å². The van der Waals surface area contributed by atoms with E-state index in [0.29, 0.717) is 0 Å². The van der Waals surface area contributed by atoms with Crippen LogP contribution in [0.3, 0.4) is 0 Å². The summed E-state index contributed by atoms with van der Waals surface area (Å²) in [5, 5.41) is 8.51. The Balaban J connectivity index is 3.55. The molecular weight excluding hydrogens is 222 g/mol. The summed E-state index contributed by atoms with van der Waals surface area (Å²) in [6, 6.07) is 0. The number of unbranched alkanes of at least 4 members (excludes halogenated alkanes) is 2. The number of nitrogens with zero attached hydrogens (tertiary/aromatic N) is 1. The summed E-state index contributed by atoms with van der Waals surface area (Å²) >= 11 is 0. The normalized spacial score (nSPS) is 11.0. The van der Waals surface area contributed by atoms with Crippen LogP contribution in [-0.4, -0.2) is 63.0 Å². The molecular formula is C12H25NO4. The van der Waals surface area contributed by atoms with Crippen molar-refractivity contribution in [3.05, 3.63) is 0 Å². The van der Waals surface area contributed by atoms with E-state index in [1.807, 2.05) is 0 Å². The van der Waals surface area contributed by atoms with Crippen molar-refractivity contribution in [2.24, 2.45) is 0 Å². The number of ether oxygens (including phenoxy) is 2. The number of methoxy groups -OCH3 is 2. The molecule has 0 aromatic carbocycles. The molecule has 0 fully saturated rings. The van der Waals surface area contributed by atoms with Gasteiger partial charge in [-0.1, -0.05) is 6.42 Å². The number of carboxylic acid groups (broad SMARTS) is 1. The second-order valence-corrected chi connectivity index (χ2v) is 4.03. The Kier molecular flexibility index (Phi) is 11.4. The van der Waals surface area contributed by atoms with Crippen molar-refractivity contribution >= 4 is 5.97 Å². The van der Waals surface area contributed by atoms with E-state index in [4.69, 9.17) is 14.6 Å². The lowest BCUT2D eigenvalue weighted by Gasteiger charge is -2.21. The molecule has 0 aliphatic rings. The summed E-state index contributed by atoms with van der Waals surface area (Å²) in [5.74, 6) is -0.708. The van der Waals surface area contributed by atoms with E-state index in [-0.39, 0.29) is 6.42 Å². The topological polar surface area (TPSA) is 59.0 Å². The van der Waals surface area contributed by atoms with Gasteiger partial charge in [0.25, 0.3) is 0 Å². The van der Waals surface area contributed by atoms with Gasteiger partial charge in [0.05, 0.1) is 13.2 Å². The zero-order valence-electron chi connectivity index (χ0n) is 11.0. The molecule has 0 aliphatic heterocycles. The first-order valence-electron chi connectivity index (χ1n) is 6.12. The van der Waals surface area contributed by atoms with Gasteiger partial charge in [0.2, 0.25) is 0 Å². The molecule has 0 atom stereocenters. The molecule has 5 nitrogen and oxygen atoms in total. The minimum absolute atomic E-state index is 0.274. The average molecular weight is 247 g/mol. The lowest BCUT2D eigenvalue weighted by atomic mass is 10.2. The minimum atomic E-state index is -0.708. The van der Waals surface area contributed by atoms with Gasteiger partial charge in [-0.05, 0) is 19.4 Å². The van der Waals surface area contributed by atoms with Crippen molar-refractivity contribution in [2.75, 3.05) is 47.1 Å². The Hall–Kier alpha value is -0.650. The van der Waals surface area contributed by atoms with E-state index in [1.165, 1.54) is 0 Å². The molecule has 102 valence electrons. The van der Waals surface area contributed by atoms with Crippen LogP contribution in [0.4, 0.5) is 0 Å². The van der Waals surface area contributed by atoms with Crippen LogP contribution in [0.5, 0.6) is 0 Å². The molecule has 5 heteroatoms. The molecule has 0 spiro atoms. The Morgan fingerprint density at radius 2 is 1.59 bits per heavy atom. The van der Waals surface area contributed by atoms with Crippen molar-refractivity contribution in [3.8, 4) is 0 Å². The third-order valence-corrected chi connectivity index (χ3v) is 2.59. The van der Waals surface area contributed by atoms with Gasteiger partial charge >= 0.3 is 5.97 Å². The summed E-state index contributed by atoms with van der Waals surface area (Å²) in [6.45, 7) is 4.22. The highest BCUT2D eigenvalue weighted by atomic mass is 16.5. The first kappa shape index (κ1) is 16.4. The average Bonchev–Trinajstić information content (AvgIpc) is 2.30. The zero-order chi connectivity index (χ0) is 12.9. The van der Waals surface area contributed by atoms with Crippen LogP contribution in [0.15, 0.2) is 0 Å². The number of rotatable bonds is 12. The molecule has 0 bridgehead atoms. The number of carboxylic acids is 1. The lowest BCUT2D eigenvalue weighted by molar-refractivity contribution is -0.137. The molecule has 0 unspecified atom stereocenters. The summed E-state index contributed by atoms with van der Waals surface area (Å²) < 4.78 is 10.1. The smallest absolute Gasteiger partial charge is 0.303 e. The van der Waals surface area contributed by atoms with Crippen LogP contribution < -0.4 is 0 Å². The number of hydrogen-bond acceptors (Lipinski definition) is 4. The van der Waals surface area contributed by atoms with Crippen LogP contribution in [-0.2, 0) is 14.3 Å². The minimum Gasteiger partial charge on any atom is -0.481 e. The molecule has 17 heavy (non-hydrogen) atoms. The van der Waals surface area contributed by atoms with E-state index in [9.17, 15) is 4.79 Å². The standard InChI is InChI=1S/C12H25NO4/c1-16-10-8-13(9-11-17-2)7-5-3-4-6-12(14)15/h3-11H2,1-2H3,(H,14,15). The fourth-order valence-corrected chi connectivity index (χ4v) is 1.56. The number of aliphatic carboxylic acids is 1. The van der Waals surface area contributed by atoms with Gasteiger partial charge in [0.15, 0.2) is 0 Å². The Labute approximate surface area is 104 Å². The molecule has 0 heterocycles. The van der Waals surface area contributed by atoms with Crippen LogP contribution in [0.1, 0.15) is 25.7 Å². The maximum absolute atomic E-state index is 10.3. The highest BCUT2D eigenvalue weighted by Gasteiger charge is 2.04. The Morgan fingerprint density at radius 1 is 1.00 bits per heavy atom. The molecule has 0 rings (SSSR count). The first-order valence-corrected chi connectivity index (χ1v) is 6.12. The molecule has 0 saturated heterocycles. The summed E-state index contributed by atoms with van der Waals surface area (Å²) in [7, 11) is 3.39. The highest BCUT2D eigenvalue weighted by molar-refractivity contribution is 5.66. The van der Waals surface area contributed by atoms with Crippen LogP contribution in [0.2, 0.25) is 0 Å². The second kappa shape index (κ2) is 11.8. The molecule has 0 saturated carbocycles. The van der Waals surface area contributed by atoms with Crippen molar-refractivity contribution in [2.45, 2.75) is 25.7 Å². The van der Waals surface area contributed by atoms with Crippen LogP contribution in [0, 0.1) is 0 Å². The van der Waals surface area contributed by atoms with Crippen molar-refractivity contribution in [3.63, 3.8) is 0 Å². The molecule has 1 N–H and O–H groups in total. The van der Waals surface area contributed by atoms with Gasteiger partial charge in [0.1, 0.15) is 0 Å². The Morgan fingerprint density at radius 3 is 2.06 bits per heavy atom. The van der Waals surface area contributed by atoms with Gasteiger partial charge in [-0.15, -0.1) is 0 Å². The third kappa shape index (κ3) is 11.6. The van der Waals surface area contributed by atoms with Crippen molar-refractivity contribution < 1.29 is 19.4 Å². The number of hydrogen-bond donors (Lipinski definition) is 1. The summed E-state index contributed by atoms with van der Waals surface area (Å²) in [5.41, 5.74) is 0. The van der Waals surface area contributed by atoms with Gasteiger partial charge < -0.3 is 14.6 Å². The maximum Gasteiger partial charge on any atom is 0.303 e. The fraction of sp³-hybridized carbons (Fsp3) is 0.917. The summed E-state index contributed by atoms with van der Waals surface area (Å²) in [6.07, 6.45) is 3.03. The van der Waals surface area contributed by atoms with E-state index < -0.39 is 5.97 Å². The molecule has 0 aromatic rings. The van der Waals surface area contributed by atoms with E-state index in [0.717, 1.165) is 52.1 Å². The van der Waals surface area contributed by atoms with Gasteiger partial charge in [-0.2, -0.15) is 0 Å². The first-order chi connectivity index (χ1) is 8.20. The SMILES string of the molecule is COCCN(CCCCCC(=O)O)CCOC. The second-order valence-electron chi connectivity index (χ2n) is 4.03. The quantitative estimate of drug-likeness (QED) is 0.526. The number of carbonyl (C=O) groups is 1. The molecule has 0 radical (unpaired) electrons. The summed E-state index contributed by atoms with van der Waals surface area (Å²) in [4.78, 5) is 12.6. The van der Waals surface area contributed by atoms with E-state index in [1.54, 1.807) is 14.2 Å². The van der Waals surface area contributed by atoms with E-state index in [2.05, 4.69) is 4.90 Å². The fourth-order valence-electron chi connectivity index (χ4n) is 1.56. The molecule has 0 aromatic heterocycles. The van der Waals surface area contributed by atoms with Crippen molar-refractivity contribution in [1.82, 2.24) is 4.90 Å². The lowest BCUT2D eigenvalue weighted by Crippen LogP contribution is -2.31. The van der Waals surface area contributed by atoms with Gasteiger partial charge in [-0.3, -0.25) is 9.69 Å². The maximum atomic E-state index is 10.3. The van der Waals surface area contributed by atoms with Crippen LogP contribution in [0.25, 0.3) is 0 Å². The predicted molar refractivity (Wildman–Crippen MR) is 66.3 cm³/mol. The van der Waals surface area contributed by atoms with Gasteiger partial charge in [0, 0.05) is 33.7 Å². The third-order valence-electron chi connectivity index (χ3n) is 2.59. The van der Waals surface area contributed by atoms with E-state index >= 15 is 0 Å².